The second-order valence-electron chi connectivity index (χ2n) is 5.36. The van der Waals surface area contributed by atoms with Gasteiger partial charge in [-0.3, -0.25) is 14.5 Å². The van der Waals surface area contributed by atoms with Crippen molar-refractivity contribution in [3.8, 4) is 0 Å². The molecule has 7 nitrogen and oxygen atoms in total. The molecule has 0 bridgehead atoms. The standard InChI is InChI=1S/C16H24N4O3/c17-10-15(21)19-12-16(22)18-11-14(13-4-2-1-3-5-13)20-6-8-23-9-7-20/h1-5,14H,6-12,17H2,(H,18,22)(H,19,21). The number of carbonyl (C=O) groups is 2. The Hall–Kier alpha value is -1.96. The van der Waals surface area contributed by atoms with Gasteiger partial charge in [0.05, 0.1) is 32.3 Å². The second kappa shape index (κ2) is 9.24. The van der Waals surface area contributed by atoms with Crippen molar-refractivity contribution in [3.05, 3.63) is 35.9 Å². The van der Waals surface area contributed by atoms with E-state index in [2.05, 4.69) is 27.7 Å². The van der Waals surface area contributed by atoms with Gasteiger partial charge in [0.15, 0.2) is 0 Å². The molecule has 1 fully saturated rings. The minimum Gasteiger partial charge on any atom is -0.379 e. The van der Waals surface area contributed by atoms with Crippen LogP contribution < -0.4 is 16.4 Å². The molecule has 2 rings (SSSR count). The van der Waals surface area contributed by atoms with Gasteiger partial charge < -0.3 is 21.1 Å². The van der Waals surface area contributed by atoms with Crippen LogP contribution in [0, 0.1) is 0 Å². The van der Waals surface area contributed by atoms with E-state index in [4.69, 9.17) is 10.5 Å². The van der Waals surface area contributed by atoms with Crippen molar-refractivity contribution in [1.82, 2.24) is 15.5 Å². The molecule has 0 saturated carbocycles. The molecule has 23 heavy (non-hydrogen) atoms. The zero-order chi connectivity index (χ0) is 16.5. The Labute approximate surface area is 136 Å². The van der Waals surface area contributed by atoms with Crippen LogP contribution >= 0.6 is 0 Å². The van der Waals surface area contributed by atoms with Gasteiger partial charge in [0.25, 0.3) is 0 Å². The van der Waals surface area contributed by atoms with Crippen LogP contribution in [0.2, 0.25) is 0 Å². The van der Waals surface area contributed by atoms with Crippen LogP contribution in [-0.2, 0) is 14.3 Å². The first-order chi connectivity index (χ1) is 11.2. The molecule has 1 aliphatic heterocycles. The number of amides is 2. The summed E-state index contributed by atoms with van der Waals surface area (Å²) in [5.41, 5.74) is 6.35. The Balaban J connectivity index is 1.92. The summed E-state index contributed by atoms with van der Waals surface area (Å²) in [6, 6.07) is 10.2. The second-order valence-corrected chi connectivity index (χ2v) is 5.36. The molecule has 1 aliphatic rings. The highest BCUT2D eigenvalue weighted by Crippen LogP contribution is 2.20. The minimum atomic E-state index is -0.340. The van der Waals surface area contributed by atoms with Crippen molar-refractivity contribution >= 4 is 11.8 Å². The van der Waals surface area contributed by atoms with E-state index in [-0.39, 0.29) is 30.9 Å². The number of benzene rings is 1. The van der Waals surface area contributed by atoms with E-state index in [0.717, 1.165) is 18.7 Å². The van der Waals surface area contributed by atoms with E-state index < -0.39 is 0 Å². The van der Waals surface area contributed by atoms with Gasteiger partial charge in [-0.1, -0.05) is 30.3 Å². The van der Waals surface area contributed by atoms with Crippen molar-refractivity contribution in [3.63, 3.8) is 0 Å². The maximum Gasteiger partial charge on any atom is 0.239 e. The SMILES string of the molecule is NCC(=O)NCC(=O)NCC(c1ccccc1)N1CCOCC1. The Morgan fingerprint density at radius 2 is 1.83 bits per heavy atom. The Morgan fingerprint density at radius 3 is 2.48 bits per heavy atom. The highest BCUT2D eigenvalue weighted by atomic mass is 16.5. The fraction of sp³-hybridized carbons (Fsp3) is 0.500. The summed E-state index contributed by atoms with van der Waals surface area (Å²) in [6.07, 6.45) is 0. The van der Waals surface area contributed by atoms with Crippen LogP contribution in [0.3, 0.4) is 0 Å². The van der Waals surface area contributed by atoms with Gasteiger partial charge in [0.2, 0.25) is 11.8 Å². The average molecular weight is 320 g/mol. The number of carbonyl (C=O) groups excluding carboxylic acids is 2. The number of hydrogen-bond donors (Lipinski definition) is 3. The molecular weight excluding hydrogens is 296 g/mol. The predicted octanol–water partition coefficient (Wildman–Crippen LogP) is -0.749. The van der Waals surface area contributed by atoms with Gasteiger partial charge in [-0.05, 0) is 5.56 Å². The van der Waals surface area contributed by atoms with Crippen LogP contribution in [0.25, 0.3) is 0 Å². The van der Waals surface area contributed by atoms with Gasteiger partial charge in [0, 0.05) is 19.6 Å². The summed E-state index contributed by atoms with van der Waals surface area (Å²) in [5, 5.41) is 5.35. The molecule has 0 spiro atoms. The van der Waals surface area contributed by atoms with E-state index >= 15 is 0 Å². The van der Waals surface area contributed by atoms with Crippen molar-refractivity contribution in [2.24, 2.45) is 5.73 Å². The molecule has 1 unspecified atom stereocenters. The summed E-state index contributed by atoms with van der Waals surface area (Å²) in [4.78, 5) is 25.3. The highest BCUT2D eigenvalue weighted by Gasteiger charge is 2.22. The normalized spacial score (nSPS) is 16.6. The zero-order valence-corrected chi connectivity index (χ0v) is 13.2. The zero-order valence-electron chi connectivity index (χ0n) is 13.2. The Kier molecular flexibility index (Phi) is 6.99. The topological polar surface area (TPSA) is 96.7 Å². The largest absolute Gasteiger partial charge is 0.379 e. The van der Waals surface area contributed by atoms with Crippen LogP contribution in [-0.4, -0.2) is 62.7 Å². The first-order valence-corrected chi connectivity index (χ1v) is 7.81. The van der Waals surface area contributed by atoms with Crippen molar-refractivity contribution in [2.45, 2.75) is 6.04 Å². The highest BCUT2D eigenvalue weighted by molar-refractivity contribution is 5.85. The van der Waals surface area contributed by atoms with Crippen molar-refractivity contribution in [2.75, 3.05) is 45.9 Å². The molecule has 1 saturated heterocycles. The number of ether oxygens (including phenoxy) is 1. The number of nitrogens with one attached hydrogen (secondary N) is 2. The molecule has 1 heterocycles. The molecule has 0 aromatic heterocycles. The lowest BCUT2D eigenvalue weighted by Crippen LogP contribution is -2.46. The van der Waals surface area contributed by atoms with Crippen LogP contribution in [0.1, 0.15) is 11.6 Å². The number of hydrogen-bond acceptors (Lipinski definition) is 5. The molecule has 126 valence electrons. The van der Waals surface area contributed by atoms with E-state index in [1.165, 1.54) is 0 Å². The fourth-order valence-corrected chi connectivity index (χ4v) is 2.55. The van der Waals surface area contributed by atoms with E-state index in [9.17, 15) is 9.59 Å². The molecule has 0 aliphatic carbocycles. The van der Waals surface area contributed by atoms with E-state index in [0.29, 0.717) is 19.8 Å². The lowest BCUT2D eigenvalue weighted by atomic mass is 10.0. The fourth-order valence-electron chi connectivity index (χ4n) is 2.55. The molecule has 1 aromatic carbocycles. The monoisotopic (exact) mass is 320 g/mol. The molecule has 1 atom stereocenters. The number of morpholine rings is 1. The molecular formula is C16H24N4O3. The molecule has 7 heteroatoms. The third-order valence-electron chi connectivity index (χ3n) is 3.79. The quantitative estimate of drug-likeness (QED) is 0.614. The first kappa shape index (κ1) is 17.4. The van der Waals surface area contributed by atoms with Gasteiger partial charge in [0.1, 0.15) is 0 Å². The molecule has 4 N–H and O–H groups in total. The summed E-state index contributed by atoms with van der Waals surface area (Å²) in [5.74, 6) is -0.561. The third-order valence-corrected chi connectivity index (χ3v) is 3.79. The van der Waals surface area contributed by atoms with Crippen molar-refractivity contribution in [1.29, 1.82) is 0 Å². The van der Waals surface area contributed by atoms with Crippen LogP contribution in [0.15, 0.2) is 30.3 Å². The molecule has 1 aromatic rings. The van der Waals surface area contributed by atoms with Crippen molar-refractivity contribution < 1.29 is 14.3 Å². The first-order valence-electron chi connectivity index (χ1n) is 7.81. The maximum atomic E-state index is 11.9. The number of rotatable bonds is 7. The smallest absolute Gasteiger partial charge is 0.239 e. The lowest BCUT2D eigenvalue weighted by molar-refractivity contribution is -0.125. The van der Waals surface area contributed by atoms with Crippen LogP contribution in [0.5, 0.6) is 0 Å². The minimum absolute atomic E-state index is 0.0549. The Bertz CT molecular complexity index is 503. The summed E-state index contributed by atoms with van der Waals surface area (Å²) < 4.78 is 5.40. The average Bonchev–Trinajstić information content (AvgIpc) is 2.61. The summed E-state index contributed by atoms with van der Waals surface area (Å²) >= 11 is 0. The molecule has 0 radical (unpaired) electrons. The Morgan fingerprint density at radius 1 is 1.13 bits per heavy atom. The predicted molar refractivity (Wildman–Crippen MR) is 86.6 cm³/mol. The van der Waals surface area contributed by atoms with Gasteiger partial charge >= 0.3 is 0 Å². The molecule has 2 amide bonds. The number of nitrogens with two attached hydrogens (primary N) is 1. The van der Waals surface area contributed by atoms with Gasteiger partial charge in [-0.2, -0.15) is 0 Å². The number of nitrogens with zero attached hydrogens (tertiary/aromatic N) is 1. The lowest BCUT2D eigenvalue weighted by Gasteiger charge is -2.35. The van der Waals surface area contributed by atoms with E-state index in [1.807, 2.05) is 18.2 Å². The van der Waals surface area contributed by atoms with Gasteiger partial charge in [-0.15, -0.1) is 0 Å². The third kappa shape index (κ3) is 5.63. The summed E-state index contributed by atoms with van der Waals surface area (Å²) in [7, 11) is 0. The maximum absolute atomic E-state index is 11.9. The summed E-state index contributed by atoms with van der Waals surface area (Å²) in [6.45, 7) is 3.38. The van der Waals surface area contributed by atoms with Gasteiger partial charge in [-0.25, -0.2) is 0 Å². The van der Waals surface area contributed by atoms with Crippen LogP contribution in [0.4, 0.5) is 0 Å². The van der Waals surface area contributed by atoms with E-state index in [1.54, 1.807) is 0 Å².